The van der Waals surface area contributed by atoms with E-state index in [0.29, 0.717) is 16.4 Å². The van der Waals surface area contributed by atoms with Crippen LogP contribution in [0.5, 0.6) is 0 Å². The van der Waals surface area contributed by atoms with Gasteiger partial charge >= 0.3 is 6.03 Å². The van der Waals surface area contributed by atoms with Crippen LogP contribution in [0.2, 0.25) is 5.02 Å². The van der Waals surface area contributed by atoms with Gasteiger partial charge in [0.15, 0.2) is 0 Å². The van der Waals surface area contributed by atoms with E-state index in [1.807, 2.05) is 18.2 Å². The third-order valence-electron chi connectivity index (χ3n) is 5.31. The SMILES string of the molecule is NC(=O)Nc1cccc(NC(=O)C2CCCCC2c2nc3ccc(Cl)cc3[nH]2)c1. The standard InChI is InChI=1S/C21H22ClN5O2/c22-12-8-9-17-18(10-12)27-19(26-17)15-6-1-2-7-16(15)20(28)24-13-4-3-5-14(11-13)25-21(23)29/h3-5,8-11,15-16H,1-2,6-7H2,(H,24,28)(H,26,27)(H3,23,25,29). The number of carbonyl (C=O) groups is 2. The number of fused-ring (bicyclic) bond motifs is 1. The molecular formula is C21H22ClN5O2. The molecule has 8 heteroatoms. The molecule has 29 heavy (non-hydrogen) atoms. The van der Waals surface area contributed by atoms with Crippen molar-refractivity contribution >= 4 is 45.9 Å². The lowest BCUT2D eigenvalue weighted by Gasteiger charge is -2.29. The van der Waals surface area contributed by atoms with E-state index >= 15 is 0 Å². The highest BCUT2D eigenvalue weighted by Crippen LogP contribution is 2.38. The maximum absolute atomic E-state index is 13.1. The first-order valence-corrected chi connectivity index (χ1v) is 10.00. The van der Waals surface area contributed by atoms with Crippen LogP contribution in [0.4, 0.5) is 16.2 Å². The van der Waals surface area contributed by atoms with Crippen molar-refractivity contribution < 1.29 is 9.59 Å². The molecule has 0 spiro atoms. The number of primary amides is 1. The molecule has 3 aromatic rings. The minimum absolute atomic E-state index is 0.0156. The molecule has 2 aromatic carbocycles. The molecule has 4 rings (SSSR count). The average Bonchev–Trinajstić information content (AvgIpc) is 3.10. The van der Waals surface area contributed by atoms with Gasteiger partial charge < -0.3 is 21.4 Å². The summed E-state index contributed by atoms with van der Waals surface area (Å²) in [4.78, 5) is 32.2. The lowest BCUT2D eigenvalue weighted by Crippen LogP contribution is -2.31. The van der Waals surface area contributed by atoms with Crippen LogP contribution in [0.1, 0.15) is 37.4 Å². The van der Waals surface area contributed by atoms with Gasteiger partial charge in [-0.1, -0.05) is 30.5 Å². The fourth-order valence-corrected chi connectivity index (χ4v) is 4.17. The molecule has 1 aliphatic carbocycles. The second-order valence-electron chi connectivity index (χ2n) is 7.34. The molecule has 5 N–H and O–H groups in total. The molecule has 7 nitrogen and oxygen atoms in total. The van der Waals surface area contributed by atoms with Gasteiger partial charge in [-0.25, -0.2) is 9.78 Å². The van der Waals surface area contributed by atoms with Crippen molar-refractivity contribution in [2.75, 3.05) is 10.6 Å². The molecule has 0 saturated heterocycles. The summed E-state index contributed by atoms with van der Waals surface area (Å²) in [5.74, 6) is 0.602. The first-order chi connectivity index (χ1) is 14.0. The lowest BCUT2D eigenvalue weighted by molar-refractivity contribution is -0.121. The number of urea groups is 1. The Hall–Kier alpha value is -3.06. The van der Waals surface area contributed by atoms with E-state index in [4.69, 9.17) is 22.3 Å². The molecule has 1 saturated carbocycles. The molecule has 3 amide bonds. The molecule has 0 radical (unpaired) electrons. The maximum Gasteiger partial charge on any atom is 0.316 e. The van der Waals surface area contributed by atoms with Gasteiger partial charge in [-0.05, 0) is 49.2 Å². The Kier molecular flexibility index (Phi) is 5.40. The molecule has 0 bridgehead atoms. The number of halogens is 1. The van der Waals surface area contributed by atoms with Gasteiger partial charge in [0.2, 0.25) is 5.91 Å². The highest BCUT2D eigenvalue weighted by molar-refractivity contribution is 6.31. The van der Waals surface area contributed by atoms with Gasteiger partial charge in [0.05, 0.1) is 11.0 Å². The van der Waals surface area contributed by atoms with Crippen LogP contribution in [0.25, 0.3) is 11.0 Å². The smallest absolute Gasteiger partial charge is 0.316 e. The van der Waals surface area contributed by atoms with E-state index in [2.05, 4.69) is 15.6 Å². The number of nitrogens with two attached hydrogens (primary N) is 1. The number of benzene rings is 2. The highest BCUT2D eigenvalue weighted by Gasteiger charge is 2.34. The van der Waals surface area contributed by atoms with Crippen LogP contribution >= 0.6 is 11.6 Å². The summed E-state index contributed by atoms with van der Waals surface area (Å²) in [5, 5.41) is 6.14. The van der Waals surface area contributed by atoms with Gasteiger partial charge in [0.1, 0.15) is 5.82 Å². The van der Waals surface area contributed by atoms with Crippen LogP contribution in [0.3, 0.4) is 0 Å². The molecule has 2 unspecified atom stereocenters. The van der Waals surface area contributed by atoms with Crippen LogP contribution in [0.15, 0.2) is 42.5 Å². The molecular weight excluding hydrogens is 390 g/mol. The van der Waals surface area contributed by atoms with Crippen molar-refractivity contribution in [1.82, 2.24) is 9.97 Å². The monoisotopic (exact) mass is 411 g/mol. The van der Waals surface area contributed by atoms with Crippen molar-refractivity contribution in [3.05, 3.63) is 53.3 Å². The van der Waals surface area contributed by atoms with E-state index in [1.165, 1.54) is 0 Å². The second-order valence-corrected chi connectivity index (χ2v) is 7.78. The molecule has 0 aliphatic heterocycles. The predicted molar refractivity (Wildman–Crippen MR) is 114 cm³/mol. The third kappa shape index (κ3) is 4.35. The van der Waals surface area contributed by atoms with Gasteiger partial charge in [-0.2, -0.15) is 0 Å². The fourth-order valence-electron chi connectivity index (χ4n) is 4.00. The number of aromatic amines is 1. The number of nitrogens with zero attached hydrogens (tertiary/aromatic N) is 1. The topological polar surface area (TPSA) is 113 Å². The minimum Gasteiger partial charge on any atom is -0.351 e. The summed E-state index contributed by atoms with van der Waals surface area (Å²) < 4.78 is 0. The number of anilines is 2. The second kappa shape index (κ2) is 8.13. The van der Waals surface area contributed by atoms with Crippen molar-refractivity contribution in [2.24, 2.45) is 11.7 Å². The number of amides is 3. The largest absolute Gasteiger partial charge is 0.351 e. The molecule has 1 aromatic heterocycles. The Bertz CT molecular complexity index is 1060. The highest BCUT2D eigenvalue weighted by atomic mass is 35.5. The summed E-state index contributed by atoms with van der Waals surface area (Å²) in [6.45, 7) is 0. The fraction of sp³-hybridized carbons (Fsp3) is 0.286. The number of rotatable bonds is 4. The number of carbonyl (C=O) groups excluding carboxylic acids is 2. The Morgan fingerprint density at radius 3 is 2.62 bits per heavy atom. The van der Waals surface area contributed by atoms with Crippen molar-refractivity contribution in [1.29, 1.82) is 0 Å². The third-order valence-corrected chi connectivity index (χ3v) is 5.55. The lowest BCUT2D eigenvalue weighted by atomic mass is 9.78. The van der Waals surface area contributed by atoms with Crippen molar-refractivity contribution in [3.8, 4) is 0 Å². The number of hydrogen-bond donors (Lipinski definition) is 4. The zero-order valence-electron chi connectivity index (χ0n) is 15.7. The Morgan fingerprint density at radius 1 is 1.07 bits per heavy atom. The van der Waals surface area contributed by atoms with Crippen LogP contribution in [-0.4, -0.2) is 21.9 Å². The summed E-state index contributed by atoms with van der Waals surface area (Å²) in [6.07, 6.45) is 3.76. The predicted octanol–water partition coefficient (Wildman–Crippen LogP) is 4.62. The number of imidazole rings is 1. The Labute approximate surface area is 173 Å². The normalized spacial score (nSPS) is 19.1. The van der Waals surface area contributed by atoms with Crippen molar-refractivity contribution in [3.63, 3.8) is 0 Å². The van der Waals surface area contributed by atoms with Gasteiger partial charge in [-0.3, -0.25) is 4.79 Å². The zero-order chi connectivity index (χ0) is 20.4. The summed E-state index contributed by atoms with van der Waals surface area (Å²) >= 11 is 6.08. The van der Waals surface area contributed by atoms with E-state index in [1.54, 1.807) is 24.3 Å². The van der Waals surface area contributed by atoms with Crippen molar-refractivity contribution in [2.45, 2.75) is 31.6 Å². The minimum atomic E-state index is -0.647. The van der Waals surface area contributed by atoms with E-state index in [-0.39, 0.29) is 17.7 Å². The zero-order valence-corrected chi connectivity index (χ0v) is 16.5. The molecule has 1 aliphatic rings. The van der Waals surface area contributed by atoms with E-state index in [9.17, 15) is 9.59 Å². The van der Waals surface area contributed by atoms with Crippen LogP contribution in [-0.2, 0) is 4.79 Å². The Morgan fingerprint density at radius 2 is 1.83 bits per heavy atom. The average molecular weight is 412 g/mol. The maximum atomic E-state index is 13.1. The van der Waals surface area contributed by atoms with Gasteiger partial charge in [0.25, 0.3) is 0 Å². The molecule has 150 valence electrons. The number of aromatic nitrogens is 2. The van der Waals surface area contributed by atoms with Gasteiger partial charge in [0, 0.05) is 28.2 Å². The first-order valence-electron chi connectivity index (χ1n) is 9.62. The van der Waals surface area contributed by atoms with Gasteiger partial charge in [-0.15, -0.1) is 0 Å². The number of hydrogen-bond acceptors (Lipinski definition) is 3. The number of nitrogens with one attached hydrogen (secondary N) is 3. The summed E-state index contributed by atoms with van der Waals surface area (Å²) in [6, 6.07) is 11.8. The van der Waals surface area contributed by atoms with E-state index in [0.717, 1.165) is 42.5 Å². The molecule has 1 heterocycles. The first kappa shape index (κ1) is 19.3. The quantitative estimate of drug-likeness (QED) is 0.502. The summed E-state index contributed by atoms with van der Waals surface area (Å²) in [7, 11) is 0. The number of H-pyrrole nitrogens is 1. The van der Waals surface area contributed by atoms with E-state index < -0.39 is 6.03 Å². The Balaban J connectivity index is 1.55. The van der Waals surface area contributed by atoms with Crippen LogP contribution < -0.4 is 16.4 Å². The molecule has 1 fully saturated rings. The molecule has 2 atom stereocenters. The summed E-state index contributed by atoms with van der Waals surface area (Å²) in [5.41, 5.74) is 8.03. The van der Waals surface area contributed by atoms with Crippen LogP contribution in [0, 0.1) is 5.92 Å².